The first-order valence-electron chi connectivity index (χ1n) is 4.52. The van der Waals surface area contributed by atoms with Gasteiger partial charge in [-0.15, -0.1) is 11.3 Å². The zero-order valence-electron chi connectivity index (χ0n) is 8.62. The smallest absolute Gasteiger partial charge is 0.227 e. The highest BCUT2D eigenvalue weighted by molar-refractivity contribution is 7.20. The van der Waals surface area contributed by atoms with Gasteiger partial charge in [-0.25, -0.2) is 0 Å². The molecule has 0 saturated carbocycles. The minimum Gasteiger partial charge on any atom is -0.307 e. The molecule has 0 spiro atoms. The summed E-state index contributed by atoms with van der Waals surface area (Å²) in [5, 5.41) is 0.800. The highest BCUT2D eigenvalue weighted by Gasteiger charge is 2.13. The normalized spacial score (nSPS) is 10.1. The van der Waals surface area contributed by atoms with Crippen molar-refractivity contribution in [3.63, 3.8) is 0 Å². The van der Waals surface area contributed by atoms with Crippen LogP contribution in [0, 0.1) is 0 Å². The highest BCUT2D eigenvalue weighted by atomic mass is 35.5. The molecule has 0 N–H and O–H groups in total. The molecule has 0 atom stereocenters. The van der Waals surface area contributed by atoms with E-state index >= 15 is 0 Å². The molecule has 0 bridgehead atoms. The molecular formula is C10H12ClNO2S. The predicted molar refractivity (Wildman–Crippen MR) is 62.7 cm³/mol. The van der Waals surface area contributed by atoms with Gasteiger partial charge in [0.15, 0.2) is 0 Å². The number of Topliss-reactive ketones (excluding diaryl/α,β-unsaturated/α-hetero) is 1. The number of anilines is 1. The van der Waals surface area contributed by atoms with Crippen molar-refractivity contribution in [1.29, 1.82) is 0 Å². The molecule has 1 aromatic rings. The van der Waals surface area contributed by atoms with Gasteiger partial charge in [0.1, 0.15) is 5.78 Å². The van der Waals surface area contributed by atoms with Gasteiger partial charge in [0.25, 0.3) is 0 Å². The van der Waals surface area contributed by atoms with E-state index < -0.39 is 0 Å². The van der Waals surface area contributed by atoms with Gasteiger partial charge in [0.05, 0.1) is 9.34 Å². The topological polar surface area (TPSA) is 37.4 Å². The second-order valence-electron chi connectivity index (χ2n) is 3.23. The lowest BCUT2D eigenvalue weighted by Crippen LogP contribution is -2.25. The summed E-state index contributed by atoms with van der Waals surface area (Å²) >= 11 is 7.11. The van der Waals surface area contributed by atoms with Crippen LogP contribution in [0.15, 0.2) is 12.1 Å². The number of nitrogens with zero attached hydrogens (tertiary/aromatic N) is 1. The monoisotopic (exact) mass is 245 g/mol. The SMILES string of the molecule is CC(=O)CCC(=O)N(C)c1ccc(Cl)s1. The number of halogens is 1. The molecule has 0 radical (unpaired) electrons. The zero-order valence-corrected chi connectivity index (χ0v) is 10.2. The van der Waals surface area contributed by atoms with Gasteiger partial charge in [-0.05, 0) is 19.1 Å². The van der Waals surface area contributed by atoms with E-state index in [-0.39, 0.29) is 18.1 Å². The van der Waals surface area contributed by atoms with Crippen LogP contribution in [0.1, 0.15) is 19.8 Å². The van der Waals surface area contributed by atoms with Gasteiger partial charge in [0.2, 0.25) is 5.91 Å². The largest absolute Gasteiger partial charge is 0.307 e. The van der Waals surface area contributed by atoms with E-state index in [0.717, 1.165) is 5.00 Å². The number of thiophene rings is 1. The van der Waals surface area contributed by atoms with Crippen molar-refractivity contribution in [1.82, 2.24) is 0 Å². The molecular weight excluding hydrogens is 234 g/mol. The van der Waals surface area contributed by atoms with Gasteiger partial charge in [0, 0.05) is 19.9 Å². The van der Waals surface area contributed by atoms with Crippen LogP contribution >= 0.6 is 22.9 Å². The van der Waals surface area contributed by atoms with Crippen molar-refractivity contribution in [2.75, 3.05) is 11.9 Å². The van der Waals surface area contributed by atoms with Crippen LogP contribution in [-0.4, -0.2) is 18.7 Å². The first-order valence-corrected chi connectivity index (χ1v) is 5.71. The maximum Gasteiger partial charge on any atom is 0.227 e. The lowest BCUT2D eigenvalue weighted by Gasteiger charge is -2.14. The van der Waals surface area contributed by atoms with Crippen LogP contribution in [0.2, 0.25) is 4.34 Å². The molecule has 15 heavy (non-hydrogen) atoms. The molecule has 1 rings (SSSR count). The summed E-state index contributed by atoms with van der Waals surface area (Å²) in [6.45, 7) is 1.48. The summed E-state index contributed by atoms with van der Waals surface area (Å²) in [5.41, 5.74) is 0. The maximum absolute atomic E-state index is 11.6. The Bertz CT molecular complexity index is 375. The van der Waals surface area contributed by atoms with Gasteiger partial charge in [-0.3, -0.25) is 4.79 Å². The molecule has 0 aliphatic rings. The summed E-state index contributed by atoms with van der Waals surface area (Å²) in [5.74, 6) is -0.0373. The number of rotatable bonds is 4. The Hall–Kier alpha value is -0.870. The molecule has 82 valence electrons. The summed E-state index contributed by atoms with van der Waals surface area (Å²) in [6, 6.07) is 3.54. The quantitative estimate of drug-likeness (QED) is 0.818. The molecule has 0 fully saturated rings. The Labute approximate surface area is 97.6 Å². The highest BCUT2D eigenvalue weighted by Crippen LogP contribution is 2.29. The predicted octanol–water partition coefficient (Wildman–Crippen LogP) is 2.73. The maximum atomic E-state index is 11.6. The average molecular weight is 246 g/mol. The summed E-state index contributed by atoms with van der Waals surface area (Å²) < 4.78 is 0.649. The van der Waals surface area contributed by atoms with Crippen molar-refractivity contribution in [2.24, 2.45) is 0 Å². The number of carbonyl (C=O) groups excluding carboxylic acids is 2. The third kappa shape index (κ3) is 3.64. The number of ketones is 1. The standard InChI is InChI=1S/C10H12ClNO2S/c1-7(13)3-5-9(14)12(2)10-6-4-8(11)15-10/h4,6H,3,5H2,1-2H3. The number of hydrogen-bond donors (Lipinski definition) is 0. The van der Waals surface area contributed by atoms with Crippen molar-refractivity contribution >= 4 is 39.6 Å². The van der Waals surface area contributed by atoms with Crippen LogP contribution in [0.25, 0.3) is 0 Å². The fourth-order valence-corrected chi connectivity index (χ4v) is 2.07. The van der Waals surface area contributed by atoms with E-state index in [0.29, 0.717) is 10.8 Å². The van der Waals surface area contributed by atoms with Crippen LogP contribution in [0.3, 0.4) is 0 Å². The van der Waals surface area contributed by atoms with Crippen molar-refractivity contribution in [2.45, 2.75) is 19.8 Å². The Morgan fingerprint density at radius 2 is 2.07 bits per heavy atom. The summed E-state index contributed by atoms with van der Waals surface area (Å²) in [6.07, 6.45) is 0.545. The van der Waals surface area contributed by atoms with Gasteiger partial charge < -0.3 is 9.69 Å². The molecule has 0 aliphatic carbocycles. The number of hydrogen-bond acceptors (Lipinski definition) is 3. The van der Waals surface area contributed by atoms with Crippen molar-refractivity contribution < 1.29 is 9.59 Å². The Kier molecular flexibility index (Phi) is 4.29. The van der Waals surface area contributed by atoms with E-state index in [1.54, 1.807) is 19.2 Å². The molecule has 3 nitrogen and oxygen atoms in total. The van der Waals surface area contributed by atoms with Crippen LogP contribution in [-0.2, 0) is 9.59 Å². The van der Waals surface area contributed by atoms with Gasteiger partial charge in [-0.2, -0.15) is 0 Å². The molecule has 1 amide bonds. The fourth-order valence-electron chi connectivity index (χ4n) is 1.06. The molecule has 5 heteroatoms. The van der Waals surface area contributed by atoms with Crippen LogP contribution < -0.4 is 4.90 Å². The zero-order chi connectivity index (χ0) is 11.4. The minimum atomic E-state index is -0.0660. The molecule has 0 aromatic carbocycles. The van der Waals surface area contributed by atoms with Gasteiger partial charge in [-0.1, -0.05) is 11.6 Å². The number of carbonyl (C=O) groups is 2. The Balaban J connectivity index is 2.56. The lowest BCUT2D eigenvalue weighted by molar-refractivity contribution is -0.122. The first-order chi connectivity index (χ1) is 7.00. The molecule has 0 aliphatic heterocycles. The molecule has 0 saturated heterocycles. The molecule has 1 aromatic heterocycles. The van der Waals surface area contributed by atoms with E-state index in [2.05, 4.69) is 0 Å². The Morgan fingerprint density at radius 1 is 1.40 bits per heavy atom. The third-order valence-electron chi connectivity index (χ3n) is 1.95. The number of amides is 1. The minimum absolute atomic E-state index is 0.0287. The van der Waals surface area contributed by atoms with Crippen LogP contribution in [0.5, 0.6) is 0 Å². The first kappa shape index (κ1) is 12.2. The van der Waals surface area contributed by atoms with E-state index in [4.69, 9.17) is 11.6 Å². The van der Waals surface area contributed by atoms with E-state index in [9.17, 15) is 9.59 Å². The second-order valence-corrected chi connectivity index (χ2v) is 4.93. The van der Waals surface area contributed by atoms with Crippen molar-refractivity contribution in [3.8, 4) is 0 Å². The van der Waals surface area contributed by atoms with Crippen molar-refractivity contribution in [3.05, 3.63) is 16.5 Å². The summed E-state index contributed by atoms with van der Waals surface area (Å²) in [4.78, 5) is 23.8. The van der Waals surface area contributed by atoms with E-state index in [1.165, 1.54) is 23.2 Å². The lowest BCUT2D eigenvalue weighted by atomic mass is 10.2. The second kappa shape index (κ2) is 5.28. The molecule has 1 heterocycles. The average Bonchev–Trinajstić information content (AvgIpc) is 2.60. The van der Waals surface area contributed by atoms with E-state index in [1.807, 2.05) is 0 Å². The third-order valence-corrected chi connectivity index (χ3v) is 3.26. The van der Waals surface area contributed by atoms with Crippen LogP contribution in [0.4, 0.5) is 5.00 Å². The summed E-state index contributed by atoms with van der Waals surface area (Å²) in [7, 11) is 1.69. The fraction of sp³-hybridized carbons (Fsp3) is 0.400. The van der Waals surface area contributed by atoms with Gasteiger partial charge >= 0.3 is 0 Å². The Morgan fingerprint density at radius 3 is 2.53 bits per heavy atom. The molecule has 0 unspecified atom stereocenters.